The van der Waals surface area contributed by atoms with Crippen LogP contribution in [0, 0.1) is 0 Å². The minimum Gasteiger partial charge on any atom is -0.507 e. The number of Topliss-reactive ketones (excluding diaryl/α,β-unsaturated/α-hetero) is 1. The van der Waals surface area contributed by atoms with Gasteiger partial charge in [0.2, 0.25) is 0 Å². The highest BCUT2D eigenvalue weighted by Gasteiger charge is 2.21. The van der Waals surface area contributed by atoms with Gasteiger partial charge in [0, 0.05) is 28.9 Å². The third kappa shape index (κ3) is 6.69. The zero-order chi connectivity index (χ0) is 22.2. The van der Waals surface area contributed by atoms with Crippen LogP contribution in [0.5, 0.6) is 11.5 Å². The van der Waals surface area contributed by atoms with E-state index in [4.69, 9.17) is 9.47 Å². The summed E-state index contributed by atoms with van der Waals surface area (Å²) >= 11 is 3.50. The zero-order valence-corrected chi connectivity index (χ0v) is 19.2. The molecule has 1 heterocycles. The van der Waals surface area contributed by atoms with Gasteiger partial charge in [-0.2, -0.15) is 0 Å². The van der Waals surface area contributed by atoms with Crippen molar-refractivity contribution in [2.24, 2.45) is 0 Å². The van der Waals surface area contributed by atoms with Crippen molar-refractivity contribution >= 4 is 33.8 Å². The lowest BCUT2D eigenvalue weighted by atomic mass is 10.0. The molecule has 0 unspecified atom stereocenters. The molecule has 0 bridgehead atoms. The van der Waals surface area contributed by atoms with E-state index >= 15 is 0 Å². The fraction of sp³-hybridized carbons (Fsp3) is 0.360. The Labute approximate surface area is 191 Å². The van der Waals surface area contributed by atoms with Gasteiger partial charge in [-0.3, -0.25) is 4.79 Å². The van der Waals surface area contributed by atoms with Crippen LogP contribution in [0.3, 0.4) is 0 Å². The van der Waals surface area contributed by atoms with Crippen LogP contribution in [0.15, 0.2) is 46.9 Å². The van der Waals surface area contributed by atoms with Gasteiger partial charge >= 0.3 is 5.97 Å². The smallest absolute Gasteiger partial charge is 0.342 e. The molecule has 0 saturated carbocycles. The summed E-state index contributed by atoms with van der Waals surface area (Å²) < 4.78 is 12.3. The van der Waals surface area contributed by atoms with E-state index in [0.717, 1.165) is 16.5 Å². The number of hydrogen-bond acceptors (Lipinski definition) is 5. The first-order valence-electron chi connectivity index (χ1n) is 10.6. The van der Waals surface area contributed by atoms with Crippen LogP contribution >= 0.6 is 15.9 Å². The molecule has 0 radical (unpaired) electrons. The van der Waals surface area contributed by atoms with E-state index in [9.17, 15) is 14.7 Å². The third-order valence-electron chi connectivity index (χ3n) is 5.18. The van der Waals surface area contributed by atoms with Gasteiger partial charge in [0.15, 0.2) is 0 Å². The average Bonchev–Trinajstić information content (AvgIpc) is 2.72. The fourth-order valence-corrected chi connectivity index (χ4v) is 3.87. The Bertz CT molecular complexity index is 966. The van der Waals surface area contributed by atoms with Gasteiger partial charge in [-0.15, -0.1) is 0 Å². The lowest BCUT2D eigenvalue weighted by molar-refractivity contribution is -0.119. The average molecular weight is 487 g/mol. The number of ketones is 1. The number of esters is 1. The molecular weight excluding hydrogens is 460 g/mol. The van der Waals surface area contributed by atoms with E-state index in [0.29, 0.717) is 50.0 Å². The Balaban J connectivity index is 1.86. The van der Waals surface area contributed by atoms with Gasteiger partial charge in [-0.1, -0.05) is 46.3 Å². The summed E-state index contributed by atoms with van der Waals surface area (Å²) in [5.74, 6) is -0.0623. The topological polar surface area (TPSA) is 72.8 Å². The number of hydrogen-bond donors (Lipinski definition) is 1. The van der Waals surface area contributed by atoms with Gasteiger partial charge in [-0.25, -0.2) is 4.79 Å². The molecular formula is C25H27BrO5. The number of phenolic OH excluding ortho intramolecular Hbond substituents is 1. The number of cyclic esters (lactones) is 1. The van der Waals surface area contributed by atoms with Crippen LogP contribution in [0.1, 0.15) is 66.9 Å². The third-order valence-corrected chi connectivity index (χ3v) is 5.95. The summed E-state index contributed by atoms with van der Waals surface area (Å²) in [4.78, 5) is 24.7. The first-order valence-corrected chi connectivity index (χ1v) is 11.4. The Kier molecular flexibility index (Phi) is 8.29. The lowest BCUT2D eigenvalue weighted by Gasteiger charge is -2.17. The molecule has 0 aromatic heterocycles. The van der Waals surface area contributed by atoms with Crippen molar-refractivity contribution in [3.8, 4) is 11.5 Å². The van der Waals surface area contributed by atoms with Crippen molar-refractivity contribution in [2.75, 3.05) is 0 Å². The second-order valence-corrected chi connectivity index (χ2v) is 8.58. The first-order chi connectivity index (χ1) is 14.9. The molecule has 1 atom stereocenters. The van der Waals surface area contributed by atoms with Crippen molar-refractivity contribution in [3.63, 3.8) is 0 Å². The number of halogens is 1. The number of carbonyl (C=O) groups excluding carboxylic acids is 2. The molecule has 2 aromatic carbocycles. The van der Waals surface area contributed by atoms with E-state index in [2.05, 4.69) is 15.9 Å². The molecule has 0 amide bonds. The first kappa shape index (κ1) is 23.1. The maximum Gasteiger partial charge on any atom is 0.342 e. The van der Waals surface area contributed by atoms with Gasteiger partial charge < -0.3 is 14.6 Å². The van der Waals surface area contributed by atoms with Crippen molar-refractivity contribution in [2.45, 2.75) is 58.2 Å². The number of benzene rings is 2. The molecule has 31 heavy (non-hydrogen) atoms. The maximum atomic E-state index is 12.8. The Morgan fingerprint density at radius 3 is 2.74 bits per heavy atom. The summed E-state index contributed by atoms with van der Waals surface area (Å²) in [6.45, 7) is 2.11. The van der Waals surface area contributed by atoms with E-state index in [1.54, 1.807) is 19.1 Å². The summed E-state index contributed by atoms with van der Waals surface area (Å²) in [5, 5.41) is 10.6. The van der Waals surface area contributed by atoms with Crippen LogP contribution in [-0.4, -0.2) is 23.0 Å². The maximum absolute atomic E-state index is 12.8. The van der Waals surface area contributed by atoms with Crippen molar-refractivity contribution in [1.82, 2.24) is 0 Å². The molecule has 164 valence electrons. The molecule has 0 spiro atoms. The largest absolute Gasteiger partial charge is 0.507 e. The molecule has 6 heteroatoms. The van der Waals surface area contributed by atoms with Gasteiger partial charge in [0.1, 0.15) is 29.5 Å². The normalized spacial score (nSPS) is 19.1. The molecule has 1 aliphatic rings. The molecule has 0 fully saturated rings. The second kappa shape index (κ2) is 11.1. The Hall–Kier alpha value is -2.60. The highest BCUT2D eigenvalue weighted by molar-refractivity contribution is 9.10. The van der Waals surface area contributed by atoms with Crippen molar-refractivity contribution in [3.05, 3.63) is 63.6 Å². The van der Waals surface area contributed by atoms with Crippen LogP contribution < -0.4 is 4.74 Å². The number of rotatable bonds is 3. The predicted molar refractivity (Wildman–Crippen MR) is 123 cm³/mol. The van der Waals surface area contributed by atoms with Gasteiger partial charge in [0.25, 0.3) is 0 Å². The van der Waals surface area contributed by atoms with E-state index in [-0.39, 0.29) is 23.2 Å². The highest BCUT2D eigenvalue weighted by atomic mass is 79.9. The quantitative estimate of drug-likeness (QED) is 0.521. The van der Waals surface area contributed by atoms with E-state index in [1.165, 1.54) is 6.07 Å². The Morgan fingerprint density at radius 2 is 1.94 bits per heavy atom. The SMILES string of the molecule is C[C@H]1CCCC(=O)CCC/C=C/c2cc(OCc3ccccc3Br)cc(O)c2C(=O)O1. The molecule has 0 saturated heterocycles. The summed E-state index contributed by atoms with van der Waals surface area (Å²) in [7, 11) is 0. The monoisotopic (exact) mass is 486 g/mol. The molecule has 0 aliphatic carbocycles. The second-order valence-electron chi connectivity index (χ2n) is 7.73. The van der Waals surface area contributed by atoms with E-state index in [1.807, 2.05) is 30.3 Å². The van der Waals surface area contributed by atoms with Crippen molar-refractivity contribution < 1.29 is 24.2 Å². The highest BCUT2D eigenvalue weighted by Crippen LogP contribution is 2.31. The van der Waals surface area contributed by atoms with Gasteiger partial charge in [-0.05, 0) is 50.3 Å². The minimum absolute atomic E-state index is 0.129. The number of carbonyl (C=O) groups is 2. The molecule has 2 aromatic rings. The number of ether oxygens (including phenoxy) is 2. The van der Waals surface area contributed by atoms with Crippen molar-refractivity contribution in [1.29, 1.82) is 0 Å². The lowest BCUT2D eigenvalue weighted by Crippen LogP contribution is -2.17. The number of aromatic hydroxyl groups is 1. The van der Waals surface area contributed by atoms with E-state index < -0.39 is 5.97 Å². The minimum atomic E-state index is -0.578. The van der Waals surface area contributed by atoms with Crippen LogP contribution in [-0.2, 0) is 16.1 Å². The predicted octanol–water partition coefficient (Wildman–Crippen LogP) is 6.22. The molecule has 1 aliphatic heterocycles. The van der Waals surface area contributed by atoms with Crippen LogP contribution in [0.25, 0.3) is 6.08 Å². The summed E-state index contributed by atoms with van der Waals surface area (Å²) in [5.41, 5.74) is 1.63. The van der Waals surface area contributed by atoms with Crippen LogP contribution in [0.4, 0.5) is 0 Å². The molecule has 3 rings (SSSR count). The number of allylic oxidation sites excluding steroid dienone is 1. The Morgan fingerprint density at radius 1 is 1.16 bits per heavy atom. The summed E-state index contributed by atoms with van der Waals surface area (Å²) in [6.07, 6.45) is 7.16. The fourth-order valence-electron chi connectivity index (χ4n) is 3.48. The molecule has 5 nitrogen and oxygen atoms in total. The standard InChI is InChI=1S/C25H27BrO5/c1-17-8-7-12-20(27)11-4-2-3-9-18-14-21(15-23(28)24(18)25(29)31-17)30-16-19-10-5-6-13-22(19)26/h3,5-6,9-10,13-15,17,28H,2,4,7-8,11-12,16H2,1H3/b9-3+/t17-/m0/s1. The number of phenols is 1. The summed E-state index contributed by atoms with van der Waals surface area (Å²) in [6, 6.07) is 10.9. The molecule has 1 N–H and O–H groups in total. The number of fused-ring (bicyclic) bond motifs is 1. The van der Waals surface area contributed by atoms with Gasteiger partial charge in [0.05, 0.1) is 6.10 Å². The van der Waals surface area contributed by atoms with Crippen LogP contribution in [0.2, 0.25) is 0 Å². The zero-order valence-electron chi connectivity index (χ0n) is 17.6.